The van der Waals surface area contributed by atoms with E-state index in [4.69, 9.17) is 0 Å². The number of fused-ring (bicyclic) bond motifs is 5. The van der Waals surface area contributed by atoms with Crippen LogP contribution in [-0.4, -0.2) is 17.0 Å². The average Bonchev–Trinajstić information content (AvgIpc) is 3.10. The Bertz CT molecular complexity index is 813. The minimum absolute atomic E-state index is 0.0710. The van der Waals surface area contributed by atoms with Crippen molar-refractivity contribution in [3.05, 3.63) is 42.0 Å². The Balaban J connectivity index is 1.34. The molecule has 0 aromatic heterocycles. The maximum atomic E-state index is 13.3. The van der Waals surface area contributed by atoms with E-state index < -0.39 is 0 Å². The van der Waals surface area contributed by atoms with Gasteiger partial charge in [0.1, 0.15) is 0 Å². The van der Waals surface area contributed by atoms with Crippen molar-refractivity contribution in [1.29, 1.82) is 0 Å². The van der Waals surface area contributed by atoms with E-state index in [1.807, 2.05) is 30.4 Å². The van der Waals surface area contributed by atoms with Crippen LogP contribution in [0.15, 0.2) is 36.4 Å². The molecule has 0 bridgehead atoms. The highest BCUT2D eigenvalue weighted by Crippen LogP contribution is 2.67. The van der Waals surface area contributed by atoms with Crippen molar-refractivity contribution in [3.8, 4) is 0 Å². The predicted octanol–water partition coefficient (Wildman–Crippen LogP) is 6.29. The number of hydrogen-bond donors (Lipinski definition) is 1. The maximum Gasteiger partial charge on any atom is 0.159 e. The molecule has 0 radical (unpaired) electrons. The largest absolute Gasteiger partial charge is 0.393 e. The van der Waals surface area contributed by atoms with Crippen LogP contribution >= 0.6 is 0 Å². The number of carbonyl (C=O) groups excluding carboxylic acids is 1. The summed E-state index contributed by atoms with van der Waals surface area (Å²) in [6.07, 6.45) is 14.4. The molecular formula is C28H38O2. The number of carbonyl (C=O) groups is 1. The Hall–Kier alpha value is -1.41. The Morgan fingerprint density at radius 3 is 2.47 bits per heavy atom. The fraction of sp³-hybridized carbons (Fsp3) is 0.679. The molecule has 5 rings (SSSR count). The van der Waals surface area contributed by atoms with Crippen LogP contribution in [0.2, 0.25) is 0 Å². The van der Waals surface area contributed by atoms with E-state index in [2.05, 4.69) is 26.0 Å². The molecule has 0 spiro atoms. The van der Waals surface area contributed by atoms with Crippen LogP contribution in [0.5, 0.6) is 0 Å². The quantitative estimate of drug-likeness (QED) is 0.599. The Morgan fingerprint density at radius 2 is 1.67 bits per heavy atom. The van der Waals surface area contributed by atoms with Crippen LogP contribution in [0.3, 0.4) is 0 Å². The fourth-order valence-corrected chi connectivity index (χ4v) is 8.56. The lowest BCUT2D eigenvalue weighted by atomic mass is 9.44. The summed E-state index contributed by atoms with van der Waals surface area (Å²) in [5, 5.41) is 10.2. The molecular weight excluding hydrogens is 368 g/mol. The van der Waals surface area contributed by atoms with E-state index in [0.717, 1.165) is 36.7 Å². The van der Waals surface area contributed by atoms with Crippen LogP contribution in [0.25, 0.3) is 6.08 Å². The molecule has 30 heavy (non-hydrogen) atoms. The van der Waals surface area contributed by atoms with Crippen molar-refractivity contribution in [3.63, 3.8) is 0 Å². The van der Waals surface area contributed by atoms with Crippen LogP contribution < -0.4 is 0 Å². The molecule has 1 aromatic carbocycles. The number of aliphatic hydroxyl groups excluding tert-OH is 1. The highest BCUT2D eigenvalue weighted by Gasteiger charge is 2.60. The lowest BCUT2D eigenvalue weighted by Gasteiger charge is -2.60. The number of aliphatic hydroxyl groups is 1. The summed E-state index contributed by atoms with van der Waals surface area (Å²) in [6.45, 7) is 4.99. The second kappa shape index (κ2) is 7.62. The van der Waals surface area contributed by atoms with Gasteiger partial charge in [0.25, 0.3) is 0 Å². The molecule has 1 aromatic rings. The highest BCUT2D eigenvalue weighted by molar-refractivity contribution is 5.96. The summed E-state index contributed by atoms with van der Waals surface area (Å²) in [7, 11) is 0. The molecule has 0 aliphatic heterocycles. The lowest BCUT2D eigenvalue weighted by molar-refractivity contribution is -0.136. The van der Waals surface area contributed by atoms with E-state index in [9.17, 15) is 9.90 Å². The van der Waals surface area contributed by atoms with Crippen molar-refractivity contribution in [2.24, 2.45) is 40.4 Å². The van der Waals surface area contributed by atoms with Crippen molar-refractivity contribution in [2.45, 2.75) is 77.7 Å². The third-order valence-corrected chi connectivity index (χ3v) is 10.2. The van der Waals surface area contributed by atoms with Crippen molar-refractivity contribution >= 4 is 11.9 Å². The Labute approximate surface area is 182 Å². The summed E-state index contributed by atoms with van der Waals surface area (Å²) in [5.41, 5.74) is 1.70. The Kier molecular flexibility index (Phi) is 5.21. The third-order valence-electron chi connectivity index (χ3n) is 10.2. The van der Waals surface area contributed by atoms with Gasteiger partial charge in [-0.2, -0.15) is 0 Å². The number of hydrogen-bond acceptors (Lipinski definition) is 2. The first-order valence-corrected chi connectivity index (χ1v) is 12.4. The van der Waals surface area contributed by atoms with Gasteiger partial charge < -0.3 is 5.11 Å². The molecule has 4 fully saturated rings. The van der Waals surface area contributed by atoms with Crippen molar-refractivity contribution in [1.82, 2.24) is 0 Å². The minimum atomic E-state index is -0.0710. The molecule has 0 heterocycles. The van der Waals surface area contributed by atoms with Gasteiger partial charge in [0, 0.05) is 5.92 Å². The van der Waals surface area contributed by atoms with Gasteiger partial charge in [0.2, 0.25) is 0 Å². The first kappa shape index (κ1) is 20.5. The first-order chi connectivity index (χ1) is 14.4. The van der Waals surface area contributed by atoms with E-state index in [1.54, 1.807) is 0 Å². The molecule has 0 amide bonds. The van der Waals surface area contributed by atoms with Gasteiger partial charge in [0.05, 0.1) is 6.10 Å². The second-order valence-corrected chi connectivity index (χ2v) is 11.4. The van der Waals surface area contributed by atoms with Gasteiger partial charge in [-0.3, -0.25) is 4.79 Å². The van der Waals surface area contributed by atoms with Crippen molar-refractivity contribution < 1.29 is 9.90 Å². The van der Waals surface area contributed by atoms with Gasteiger partial charge in [-0.05, 0) is 104 Å². The summed E-state index contributed by atoms with van der Waals surface area (Å²) in [5.74, 6) is 3.55. The molecule has 8 atom stereocenters. The van der Waals surface area contributed by atoms with Gasteiger partial charge in [-0.1, -0.05) is 50.3 Å². The molecule has 4 aliphatic rings. The van der Waals surface area contributed by atoms with Crippen molar-refractivity contribution in [2.75, 3.05) is 0 Å². The van der Waals surface area contributed by atoms with E-state index in [-0.39, 0.29) is 17.4 Å². The van der Waals surface area contributed by atoms with Gasteiger partial charge in [-0.15, -0.1) is 0 Å². The van der Waals surface area contributed by atoms with E-state index in [1.165, 1.54) is 38.5 Å². The molecule has 4 aliphatic carbocycles. The van der Waals surface area contributed by atoms with E-state index in [0.29, 0.717) is 23.0 Å². The number of rotatable bonds is 3. The minimum Gasteiger partial charge on any atom is -0.393 e. The molecule has 8 unspecified atom stereocenters. The molecule has 2 heteroatoms. The Morgan fingerprint density at radius 1 is 0.933 bits per heavy atom. The SMILES string of the molecule is CC12CCC(O)CC1CCC1C2CCC2(C)C(C(=O)C=Cc3ccccc3)CCC12. The van der Waals surface area contributed by atoms with Crippen LogP contribution in [-0.2, 0) is 4.79 Å². The van der Waals surface area contributed by atoms with Crippen LogP contribution in [0.1, 0.15) is 77.2 Å². The normalized spacial score (nSPS) is 45.6. The summed E-state index contributed by atoms with van der Waals surface area (Å²) in [4.78, 5) is 13.3. The zero-order chi connectivity index (χ0) is 20.9. The smallest absolute Gasteiger partial charge is 0.159 e. The molecule has 0 saturated heterocycles. The number of ketones is 1. The molecule has 1 N–H and O–H groups in total. The van der Waals surface area contributed by atoms with Gasteiger partial charge >= 0.3 is 0 Å². The third kappa shape index (κ3) is 3.22. The fourth-order valence-electron chi connectivity index (χ4n) is 8.56. The van der Waals surface area contributed by atoms with Gasteiger partial charge in [0.15, 0.2) is 5.78 Å². The summed E-state index contributed by atoms with van der Waals surface area (Å²) >= 11 is 0. The highest BCUT2D eigenvalue weighted by atomic mass is 16.3. The van der Waals surface area contributed by atoms with Crippen LogP contribution in [0, 0.1) is 40.4 Å². The zero-order valence-electron chi connectivity index (χ0n) is 18.7. The first-order valence-electron chi connectivity index (χ1n) is 12.4. The second-order valence-electron chi connectivity index (χ2n) is 11.4. The molecule has 162 valence electrons. The topological polar surface area (TPSA) is 37.3 Å². The summed E-state index contributed by atoms with van der Waals surface area (Å²) < 4.78 is 0. The number of benzene rings is 1. The predicted molar refractivity (Wildman–Crippen MR) is 122 cm³/mol. The van der Waals surface area contributed by atoms with Crippen LogP contribution in [0.4, 0.5) is 0 Å². The number of allylic oxidation sites excluding steroid dienone is 1. The average molecular weight is 407 g/mol. The van der Waals surface area contributed by atoms with E-state index >= 15 is 0 Å². The molecule has 2 nitrogen and oxygen atoms in total. The summed E-state index contributed by atoms with van der Waals surface area (Å²) in [6, 6.07) is 10.2. The van der Waals surface area contributed by atoms with Gasteiger partial charge in [-0.25, -0.2) is 0 Å². The maximum absolute atomic E-state index is 13.3. The standard InChI is InChI=1S/C28H38O2/c1-27-16-14-21(29)18-20(27)9-10-22-23-11-12-25(28(23,2)17-15-24(22)27)26(30)13-8-19-6-4-3-5-7-19/h3-8,13,20-25,29H,9-12,14-18H2,1-2H3. The molecule has 4 saturated carbocycles. The monoisotopic (exact) mass is 406 g/mol. The zero-order valence-corrected chi connectivity index (χ0v) is 18.7. The lowest BCUT2D eigenvalue weighted by Crippen LogP contribution is -2.54.